The normalized spacial score (nSPS) is 13.9. The quantitative estimate of drug-likeness (QED) is 0.252. The van der Waals surface area contributed by atoms with Gasteiger partial charge in [0.25, 0.3) is 17.9 Å². The Balaban J connectivity index is 1.68. The third kappa shape index (κ3) is 7.61. The van der Waals surface area contributed by atoms with Crippen LogP contribution in [0.3, 0.4) is 0 Å². The molecule has 3 N–H and O–H groups in total. The van der Waals surface area contributed by atoms with Crippen LogP contribution in [-0.2, 0) is 13.1 Å². The molecule has 0 atom stereocenters. The molecule has 1 amide bonds. The van der Waals surface area contributed by atoms with Crippen LogP contribution in [0.25, 0.3) is 11.1 Å². The van der Waals surface area contributed by atoms with Gasteiger partial charge in [0.15, 0.2) is 0 Å². The number of aryl methyl sites for hydroxylation is 2. The summed E-state index contributed by atoms with van der Waals surface area (Å²) in [6.45, 7) is 8.87. The van der Waals surface area contributed by atoms with Crippen LogP contribution in [0.2, 0.25) is 0 Å². The second kappa shape index (κ2) is 13.9. The maximum Gasteiger partial charge on any atom is 0.253 e. The molecular formula is C33H42F2N4O2. The molecule has 1 saturated carbocycles. The number of aromatic nitrogens is 1. The fraction of sp³-hybridized carbons (Fsp3) is 0.455. The topological polar surface area (TPSA) is 77.2 Å². The number of alkyl halides is 2. The highest BCUT2D eigenvalue weighted by molar-refractivity contribution is 5.99. The average Bonchev–Trinajstić information content (AvgIpc) is 2.94. The van der Waals surface area contributed by atoms with Gasteiger partial charge >= 0.3 is 0 Å². The molecule has 1 aliphatic carbocycles. The van der Waals surface area contributed by atoms with Gasteiger partial charge in [0.05, 0.1) is 6.54 Å². The van der Waals surface area contributed by atoms with Crippen molar-refractivity contribution in [3.63, 3.8) is 0 Å². The van der Waals surface area contributed by atoms with Crippen LogP contribution < -0.4 is 21.1 Å². The summed E-state index contributed by atoms with van der Waals surface area (Å²) in [7, 11) is 0. The fourth-order valence-electron chi connectivity index (χ4n) is 5.92. The maximum absolute atomic E-state index is 13.7. The summed E-state index contributed by atoms with van der Waals surface area (Å²) < 4.78 is 25.0. The molecular weight excluding hydrogens is 522 g/mol. The van der Waals surface area contributed by atoms with Crippen LogP contribution in [0.4, 0.5) is 14.5 Å². The fourth-order valence-corrected chi connectivity index (χ4v) is 5.92. The van der Waals surface area contributed by atoms with Crippen LogP contribution >= 0.6 is 0 Å². The summed E-state index contributed by atoms with van der Waals surface area (Å²) in [6, 6.07) is 14.2. The predicted molar refractivity (Wildman–Crippen MR) is 162 cm³/mol. The number of carbonyl (C=O) groups is 1. The molecule has 4 rings (SSSR count). The highest BCUT2D eigenvalue weighted by Crippen LogP contribution is 2.35. The van der Waals surface area contributed by atoms with Gasteiger partial charge in [-0.3, -0.25) is 9.59 Å². The van der Waals surface area contributed by atoms with Gasteiger partial charge in [0, 0.05) is 48.2 Å². The van der Waals surface area contributed by atoms with Crippen LogP contribution in [0.1, 0.15) is 77.3 Å². The first-order valence-electron chi connectivity index (χ1n) is 14.6. The molecule has 1 aromatic heterocycles. The zero-order valence-electron chi connectivity index (χ0n) is 24.6. The lowest BCUT2D eigenvalue weighted by atomic mass is 9.91. The van der Waals surface area contributed by atoms with Crippen molar-refractivity contribution in [3.05, 3.63) is 86.3 Å². The molecule has 1 heterocycles. The molecule has 41 heavy (non-hydrogen) atoms. The molecule has 0 aliphatic heterocycles. The number of aromatic amines is 1. The molecule has 1 fully saturated rings. The van der Waals surface area contributed by atoms with Crippen molar-refractivity contribution >= 4 is 11.6 Å². The van der Waals surface area contributed by atoms with E-state index in [9.17, 15) is 18.4 Å². The maximum atomic E-state index is 13.7. The minimum atomic E-state index is -2.39. The average molecular weight is 565 g/mol. The SMILES string of the molecule is CCN(c1cc(-c2ccc(CNCC(F)F)cc2)cc(C(=O)NCc2c(C)cc(C)[nH]c2=O)c1C)C1CCCCC1. The van der Waals surface area contributed by atoms with Gasteiger partial charge in [-0.1, -0.05) is 43.5 Å². The van der Waals surface area contributed by atoms with Gasteiger partial charge in [0.2, 0.25) is 0 Å². The molecule has 8 heteroatoms. The Morgan fingerprint density at radius 2 is 1.71 bits per heavy atom. The first-order chi connectivity index (χ1) is 19.7. The Bertz CT molecular complexity index is 1400. The standard InChI is InChI=1S/C33H42F2N4O2/c1-5-39(27-9-7-6-8-10-27)30-17-26(25-13-11-24(12-14-25)18-36-20-31(34)35)16-28(23(30)4)32(40)37-19-29-21(2)15-22(3)38-33(29)41/h11-17,27,31,36H,5-10,18-20H2,1-4H3,(H,37,40)(H,38,41). The Kier molecular flexibility index (Phi) is 10.3. The molecule has 0 unspecified atom stereocenters. The van der Waals surface area contributed by atoms with Crippen LogP contribution in [0.15, 0.2) is 47.3 Å². The van der Waals surface area contributed by atoms with E-state index in [0.29, 0.717) is 23.7 Å². The van der Waals surface area contributed by atoms with Gasteiger partial charge in [-0.25, -0.2) is 8.78 Å². The van der Waals surface area contributed by atoms with E-state index in [1.54, 1.807) is 0 Å². The highest BCUT2D eigenvalue weighted by Gasteiger charge is 2.24. The Hall–Kier alpha value is -3.52. The molecule has 0 spiro atoms. The largest absolute Gasteiger partial charge is 0.369 e. The van der Waals surface area contributed by atoms with Crippen molar-refractivity contribution in [2.45, 2.75) is 85.4 Å². The van der Waals surface area contributed by atoms with Gasteiger partial charge in [-0.05, 0) is 86.6 Å². The zero-order valence-corrected chi connectivity index (χ0v) is 24.6. The third-order valence-electron chi connectivity index (χ3n) is 8.13. The lowest BCUT2D eigenvalue weighted by Crippen LogP contribution is -2.37. The second-order valence-electron chi connectivity index (χ2n) is 11.1. The summed E-state index contributed by atoms with van der Waals surface area (Å²) in [5.74, 6) is -0.225. The molecule has 0 saturated heterocycles. The van der Waals surface area contributed by atoms with E-state index in [-0.39, 0.29) is 24.6 Å². The van der Waals surface area contributed by atoms with Gasteiger partial charge in [0.1, 0.15) is 0 Å². The van der Waals surface area contributed by atoms with Crippen molar-refractivity contribution < 1.29 is 13.6 Å². The highest BCUT2D eigenvalue weighted by atomic mass is 19.3. The second-order valence-corrected chi connectivity index (χ2v) is 11.1. The van der Waals surface area contributed by atoms with E-state index in [1.807, 2.05) is 57.2 Å². The number of pyridine rings is 1. The number of hydrogen-bond acceptors (Lipinski definition) is 4. The lowest BCUT2D eigenvalue weighted by molar-refractivity contribution is 0.0950. The minimum absolute atomic E-state index is 0.139. The third-order valence-corrected chi connectivity index (χ3v) is 8.13. The number of carbonyl (C=O) groups excluding carboxylic acids is 1. The molecule has 220 valence electrons. The summed E-state index contributed by atoms with van der Waals surface area (Å²) in [5.41, 5.74) is 7.31. The summed E-state index contributed by atoms with van der Waals surface area (Å²) in [5, 5.41) is 5.76. The number of anilines is 1. The van der Waals surface area contributed by atoms with Crippen molar-refractivity contribution in [3.8, 4) is 11.1 Å². The molecule has 0 radical (unpaired) electrons. The minimum Gasteiger partial charge on any atom is -0.369 e. The van der Waals surface area contributed by atoms with E-state index in [4.69, 9.17) is 0 Å². The van der Waals surface area contributed by atoms with Crippen molar-refractivity contribution in [1.82, 2.24) is 15.6 Å². The predicted octanol–water partition coefficient (Wildman–Crippen LogP) is 6.41. The molecule has 0 bridgehead atoms. The molecule has 2 aromatic carbocycles. The van der Waals surface area contributed by atoms with E-state index < -0.39 is 6.43 Å². The van der Waals surface area contributed by atoms with E-state index in [2.05, 4.69) is 33.5 Å². The summed E-state index contributed by atoms with van der Waals surface area (Å²) >= 11 is 0. The van der Waals surface area contributed by atoms with Crippen molar-refractivity contribution in [2.24, 2.45) is 0 Å². The Morgan fingerprint density at radius 3 is 2.34 bits per heavy atom. The zero-order chi connectivity index (χ0) is 29.5. The first kappa shape index (κ1) is 30.4. The van der Waals surface area contributed by atoms with Gasteiger partial charge in [-0.2, -0.15) is 0 Å². The van der Waals surface area contributed by atoms with E-state index in [1.165, 1.54) is 19.3 Å². The number of benzene rings is 2. The van der Waals surface area contributed by atoms with E-state index in [0.717, 1.165) is 58.6 Å². The monoisotopic (exact) mass is 564 g/mol. The Morgan fingerprint density at radius 1 is 1.00 bits per heavy atom. The Labute approximate surface area is 241 Å². The van der Waals surface area contributed by atoms with E-state index >= 15 is 0 Å². The first-order valence-corrected chi connectivity index (χ1v) is 14.6. The van der Waals surface area contributed by atoms with Gasteiger partial charge < -0.3 is 20.5 Å². The van der Waals surface area contributed by atoms with Crippen LogP contribution in [-0.4, -0.2) is 36.4 Å². The number of amides is 1. The number of H-pyrrole nitrogens is 1. The number of halogens is 2. The number of rotatable bonds is 11. The molecule has 1 aliphatic rings. The van der Waals surface area contributed by atoms with Crippen molar-refractivity contribution in [1.29, 1.82) is 0 Å². The molecule has 6 nitrogen and oxygen atoms in total. The number of nitrogens with one attached hydrogen (secondary N) is 3. The number of nitrogens with zero attached hydrogens (tertiary/aromatic N) is 1. The summed E-state index contributed by atoms with van der Waals surface area (Å²) in [4.78, 5) is 31.5. The van der Waals surface area contributed by atoms with Crippen LogP contribution in [0, 0.1) is 20.8 Å². The summed E-state index contributed by atoms with van der Waals surface area (Å²) in [6.07, 6.45) is 3.56. The lowest BCUT2D eigenvalue weighted by Gasteiger charge is -2.37. The van der Waals surface area contributed by atoms with Gasteiger partial charge in [-0.15, -0.1) is 0 Å². The number of hydrogen-bond donors (Lipinski definition) is 3. The molecule has 3 aromatic rings. The van der Waals surface area contributed by atoms with Crippen LogP contribution in [0.5, 0.6) is 0 Å². The smallest absolute Gasteiger partial charge is 0.253 e. The van der Waals surface area contributed by atoms with Crippen molar-refractivity contribution in [2.75, 3.05) is 18.0 Å².